The molecule has 4 rings (SSSR count). The van der Waals surface area contributed by atoms with Crippen LogP contribution in [0.3, 0.4) is 0 Å². The van der Waals surface area contributed by atoms with Crippen molar-refractivity contribution in [1.29, 1.82) is 0 Å². The second-order valence-electron chi connectivity index (χ2n) is 7.49. The minimum atomic E-state index is -0.499. The molecule has 2 atom stereocenters. The fourth-order valence-corrected chi connectivity index (χ4v) is 3.37. The summed E-state index contributed by atoms with van der Waals surface area (Å²) < 4.78 is 22.5. The number of rotatable bonds is 9. The van der Waals surface area contributed by atoms with Crippen LogP contribution in [-0.2, 0) is 14.3 Å². The number of unbranched alkanes of at least 4 members (excludes halogenated alkanes) is 1. The molecule has 2 heterocycles. The predicted molar refractivity (Wildman–Crippen MR) is 101 cm³/mol. The molecule has 0 saturated heterocycles. The van der Waals surface area contributed by atoms with Gasteiger partial charge in [-0.15, -0.1) is 0 Å². The summed E-state index contributed by atoms with van der Waals surface area (Å²) >= 11 is 0. The molecule has 7 nitrogen and oxygen atoms in total. The second-order valence-corrected chi connectivity index (χ2v) is 7.49. The van der Waals surface area contributed by atoms with Gasteiger partial charge in [-0.25, -0.2) is 0 Å². The summed E-state index contributed by atoms with van der Waals surface area (Å²) in [6.07, 6.45) is 5.76. The molecular weight excluding hydrogens is 362 g/mol. The SMILES string of the molecule is O=C(NCC1CC1)C1=C[C@@H](c2ccc3c(c2)OCO3)C[C@@H](OCCCCO)O1. The molecule has 3 aliphatic rings. The molecule has 0 bridgehead atoms. The first-order valence-electron chi connectivity index (χ1n) is 10.0. The first kappa shape index (κ1) is 19.1. The van der Waals surface area contributed by atoms with Gasteiger partial charge in [0, 0.05) is 25.5 Å². The van der Waals surface area contributed by atoms with Crippen molar-refractivity contribution in [1.82, 2.24) is 5.32 Å². The summed E-state index contributed by atoms with van der Waals surface area (Å²) in [6.45, 7) is 1.55. The van der Waals surface area contributed by atoms with E-state index in [1.165, 1.54) is 12.8 Å². The number of ether oxygens (including phenoxy) is 4. The lowest BCUT2D eigenvalue weighted by atomic mass is 9.92. The predicted octanol–water partition coefficient (Wildman–Crippen LogP) is 2.44. The summed E-state index contributed by atoms with van der Waals surface area (Å²) in [6, 6.07) is 5.84. The lowest BCUT2D eigenvalue weighted by molar-refractivity contribution is -0.146. The third-order valence-electron chi connectivity index (χ3n) is 5.21. The summed E-state index contributed by atoms with van der Waals surface area (Å²) in [5, 5.41) is 11.9. The Morgan fingerprint density at radius 1 is 1.21 bits per heavy atom. The van der Waals surface area contributed by atoms with Crippen LogP contribution in [0.5, 0.6) is 11.5 Å². The Labute approximate surface area is 164 Å². The van der Waals surface area contributed by atoms with E-state index in [9.17, 15) is 4.79 Å². The van der Waals surface area contributed by atoms with Crippen molar-refractivity contribution in [3.8, 4) is 11.5 Å². The molecule has 1 aliphatic carbocycles. The molecule has 28 heavy (non-hydrogen) atoms. The van der Waals surface area contributed by atoms with Crippen LogP contribution >= 0.6 is 0 Å². The van der Waals surface area contributed by atoms with Gasteiger partial charge in [-0.1, -0.05) is 6.07 Å². The minimum absolute atomic E-state index is 0.0206. The van der Waals surface area contributed by atoms with E-state index in [1.54, 1.807) is 0 Å². The maximum atomic E-state index is 12.6. The molecule has 1 aromatic rings. The molecule has 1 amide bonds. The highest BCUT2D eigenvalue weighted by molar-refractivity contribution is 5.91. The molecule has 2 aliphatic heterocycles. The van der Waals surface area contributed by atoms with Crippen molar-refractivity contribution < 1.29 is 28.8 Å². The summed E-state index contributed by atoms with van der Waals surface area (Å²) in [7, 11) is 0. The second kappa shape index (κ2) is 8.84. The van der Waals surface area contributed by atoms with Crippen LogP contribution < -0.4 is 14.8 Å². The minimum Gasteiger partial charge on any atom is -0.459 e. The van der Waals surface area contributed by atoms with E-state index in [4.69, 9.17) is 24.1 Å². The highest BCUT2D eigenvalue weighted by atomic mass is 16.7. The molecule has 0 unspecified atom stereocenters. The van der Waals surface area contributed by atoms with Crippen LogP contribution in [0.15, 0.2) is 30.0 Å². The Balaban J connectivity index is 1.47. The maximum absolute atomic E-state index is 12.6. The van der Waals surface area contributed by atoms with E-state index < -0.39 is 6.29 Å². The number of carbonyl (C=O) groups is 1. The number of aliphatic hydroxyl groups is 1. The molecule has 0 aromatic heterocycles. The highest BCUT2D eigenvalue weighted by Crippen LogP contribution is 2.38. The first-order valence-corrected chi connectivity index (χ1v) is 10.0. The topological polar surface area (TPSA) is 86.3 Å². The Hall–Kier alpha value is -2.25. The fraction of sp³-hybridized carbons (Fsp3) is 0.571. The lowest BCUT2D eigenvalue weighted by Crippen LogP contribution is -2.34. The largest absolute Gasteiger partial charge is 0.459 e. The molecule has 7 heteroatoms. The van der Waals surface area contributed by atoms with Gasteiger partial charge < -0.3 is 29.4 Å². The molecule has 2 N–H and O–H groups in total. The molecule has 0 radical (unpaired) electrons. The Bertz CT molecular complexity index is 730. The number of allylic oxidation sites excluding steroid dienone is 1. The summed E-state index contributed by atoms with van der Waals surface area (Å²) in [5.41, 5.74) is 1.03. The number of hydrogen-bond donors (Lipinski definition) is 2. The van der Waals surface area contributed by atoms with Gasteiger partial charge in [0.2, 0.25) is 13.1 Å². The van der Waals surface area contributed by atoms with Crippen LogP contribution in [0.4, 0.5) is 0 Å². The van der Waals surface area contributed by atoms with Gasteiger partial charge in [-0.05, 0) is 55.4 Å². The maximum Gasteiger partial charge on any atom is 0.286 e. The van der Waals surface area contributed by atoms with Crippen LogP contribution in [-0.4, -0.2) is 43.9 Å². The van der Waals surface area contributed by atoms with E-state index >= 15 is 0 Å². The first-order chi connectivity index (χ1) is 13.7. The number of fused-ring (bicyclic) bond motifs is 1. The van der Waals surface area contributed by atoms with Crippen molar-refractivity contribution in [3.63, 3.8) is 0 Å². The quantitative estimate of drug-likeness (QED) is 0.631. The zero-order valence-electron chi connectivity index (χ0n) is 15.9. The molecule has 1 fully saturated rings. The number of benzene rings is 1. The van der Waals surface area contributed by atoms with Gasteiger partial charge in [0.15, 0.2) is 17.3 Å². The third-order valence-corrected chi connectivity index (χ3v) is 5.21. The van der Waals surface area contributed by atoms with Crippen LogP contribution in [0, 0.1) is 5.92 Å². The molecular formula is C21H27NO6. The van der Waals surface area contributed by atoms with Crippen molar-refractivity contribution in [2.75, 3.05) is 26.6 Å². The number of nitrogens with one attached hydrogen (secondary N) is 1. The Morgan fingerprint density at radius 2 is 2.07 bits per heavy atom. The number of amides is 1. The van der Waals surface area contributed by atoms with Crippen molar-refractivity contribution in [3.05, 3.63) is 35.6 Å². The smallest absolute Gasteiger partial charge is 0.286 e. The Morgan fingerprint density at radius 3 is 2.89 bits per heavy atom. The normalized spacial score (nSPS) is 23.1. The highest BCUT2D eigenvalue weighted by Gasteiger charge is 2.30. The van der Waals surface area contributed by atoms with E-state index in [0.717, 1.165) is 23.5 Å². The average molecular weight is 389 g/mol. The standard InChI is InChI=1S/C21H27NO6/c23-7-1-2-8-25-20-11-16(15-5-6-17-18(9-15)27-13-26-17)10-19(28-20)21(24)22-12-14-3-4-14/h5-6,9-10,14,16,20,23H,1-4,7-8,11-13H2,(H,22,24)/t16-,20+/m1/s1. The third kappa shape index (κ3) is 4.77. The summed E-state index contributed by atoms with van der Waals surface area (Å²) in [4.78, 5) is 12.6. The van der Waals surface area contributed by atoms with Crippen LogP contribution in [0.25, 0.3) is 0 Å². The monoisotopic (exact) mass is 389 g/mol. The molecule has 1 aromatic carbocycles. The fourth-order valence-electron chi connectivity index (χ4n) is 3.37. The summed E-state index contributed by atoms with van der Waals surface area (Å²) in [5.74, 6) is 2.15. The van der Waals surface area contributed by atoms with Crippen LogP contribution in [0.1, 0.15) is 43.6 Å². The molecule has 1 saturated carbocycles. The number of aliphatic hydroxyl groups excluding tert-OH is 1. The molecule has 152 valence electrons. The van der Waals surface area contributed by atoms with Crippen LogP contribution in [0.2, 0.25) is 0 Å². The van der Waals surface area contributed by atoms with E-state index in [1.807, 2.05) is 24.3 Å². The van der Waals surface area contributed by atoms with E-state index in [-0.39, 0.29) is 25.2 Å². The van der Waals surface area contributed by atoms with Gasteiger partial charge in [0.25, 0.3) is 5.91 Å². The Kier molecular flexibility index (Phi) is 6.02. The lowest BCUT2D eigenvalue weighted by Gasteiger charge is -2.29. The zero-order valence-corrected chi connectivity index (χ0v) is 15.9. The van der Waals surface area contributed by atoms with Gasteiger partial charge in [0.1, 0.15) is 0 Å². The number of hydrogen-bond acceptors (Lipinski definition) is 6. The van der Waals surface area contributed by atoms with Gasteiger partial charge >= 0.3 is 0 Å². The zero-order chi connectivity index (χ0) is 19.3. The van der Waals surface area contributed by atoms with Gasteiger partial charge in [0.05, 0.1) is 6.61 Å². The van der Waals surface area contributed by atoms with E-state index in [2.05, 4.69) is 5.32 Å². The van der Waals surface area contributed by atoms with Crippen molar-refractivity contribution in [2.24, 2.45) is 5.92 Å². The van der Waals surface area contributed by atoms with Crippen molar-refractivity contribution in [2.45, 2.75) is 44.3 Å². The average Bonchev–Trinajstić information content (AvgIpc) is 3.43. The van der Waals surface area contributed by atoms with Crippen molar-refractivity contribution >= 4 is 5.91 Å². The molecule has 0 spiro atoms. The van der Waals surface area contributed by atoms with E-state index in [0.29, 0.717) is 37.7 Å². The van der Waals surface area contributed by atoms with Gasteiger partial charge in [-0.3, -0.25) is 4.79 Å². The number of carbonyl (C=O) groups excluding carboxylic acids is 1. The van der Waals surface area contributed by atoms with Gasteiger partial charge in [-0.2, -0.15) is 0 Å².